The van der Waals surface area contributed by atoms with Crippen LogP contribution in [-0.2, 0) is 17.6 Å². The molecule has 4 aromatic heterocycles. The summed E-state index contributed by atoms with van der Waals surface area (Å²) in [5, 5.41) is 2.49. The number of hydrogen-bond acceptors (Lipinski definition) is 6. The molecule has 540 valence electrons. The largest absolute Gasteiger partial charge is 0.483 e. The van der Waals surface area contributed by atoms with Crippen LogP contribution in [0.5, 0.6) is 23.0 Å². The van der Waals surface area contributed by atoms with Crippen molar-refractivity contribution in [3.8, 4) is 79.9 Å². The third-order valence-corrected chi connectivity index (χ3v) is 22.0. The van der Waals surface area contributed by atoms with E-state index in [0.29, 0.717) is 17.4 Å². The van der Waals surface area contributed by atoms with Gasteiger partial charge in [-0.05, 0) is 209 Å². The molecule has 3 unspecified atom stereocenters. The maximum atomic E-state index is 7.94. The van der Waals surface area contributed by atoms with Crippen molar-refractivity contribution in [2.45, 2.75) is 143 Å². The van der Waals surface area contributed by atoms with Gasteiger partial charge >= 0.3 is 0 Å². The summed E-state index contributed by atoms with van der Waals surface area (Å²) < 4.78 is 32.2. The average Bonchev–Trinajstić information content (AvgIpc) is 1.61. The minimum Gasteiger partial charge on any atom is -0.483 e. The molecule has 3 atom stereocenters. The van der Waals surface area contributed by atoms with E-state index in [-0.39, 0.29) is 0 Å². The number of ether oxygens (including phenoxy) is 3. The van der Waals surface area contributed by atoms with Crippen LogP contribution in [0.3, 0.4) is 0 Å². The van der Waals surface area contributed by atoms with Crippen LogP contribution in [0.2, 0.25) is 0 Å². The standard InChI is InChI=1S/C98H95N7O3/c1-7-11-14-35-62-98(6,107-80-41-22-17-23-42-80)83-67-70(63-69(10-4)36-13-9-3)92(108-97(5,61-34-12-8-2)74-53-55-77(56-54-74)102-87-48-29-24-43-81(87)82-44-25-30-49-88(82)102)68-93(83)106-79-59-57-78(58-60-79)105-91-52-33-28-47-86(91)101-96(105)73-65-71(94-99-84-45-26-31-50-89(84)103(94)75-37-18-15-19-38-75)64-72(66-73)95-100-85-46-27-32-51-90(85)104(95)76-39-20-16-21-40-76/h15-33,37-60,64-69H,7-14,34-36,61-63H2,1-6H3. The van der Waals surface area contributed by atoms with E-state index in [4.69, 9.17) is 29.2 Å². The second-order valence-corrected chi connectivity index (χ2v) is 29.6. The van der Waals surface area contributed by atoms with Crippen molar-refractivity contribution in [3.05, 3.63) is 308 Å². The second-order valence-electron chi connectivity index (χ2n) is 29.6. The third-order valence-electron chi connectivity index (χ3n) is 22.0. The number of rotatable bonds is 30. The van der Waals surface area contributed by atoms with Gasteiger partial charge in [0.05, 0.1) is 44.1 Å². The number of benzene rings is 12. The summed E-state index contributed by atoms with van der Waals surface area (Å²) in [6.07, 6.45) is 14.5. The van der Waals surface area contributed by atoms with E-state index < -0.39 is 11.2 Å². The summed E-state index contributed by atoms with van der Waals surface area (Å²) in [4.78, 5) is 16.5. The molecular weight excluding hydrogens is 1320 g/mol. The topological polar surface area (TPSA) is 86.1 Å². The Morgan fingerprint density at radius 2 is 0.759 bits per heavy atom. The van der Waals surface area contributed by atoms with E-state index in [1.807, 2.05) is 0 Å². The molecule has 4 heterocycles. The van der Waals surface area contributed by atoms with Gasteiger partial charge in [-0.15, -0.1) is 0 Å². The molecule has 10 heteroatoms. The van der Waals surface area contributed by atoms with Crippen molar-refractivity contribution in [2.75, 3.05) is 0 Å². The molecule has 0 saturated carbocycles. The van der Waals surface area contributed by atoms with E-state index in [9.17, 15) is 0 Å². The first kappa shape index (κ1) is 70.6. The highest BCUT2D eigenvalue weighted by Gasteiger charge is 2.37. The predicted octanol–water partition coefficient (Wildman–Crippen LogP) is 26.5. The first-order valence-electron chi connectivity index (χ1n) is 39.3. The molecule has 12 aromatic carbocycles. The van der Waals surface area contributed by atoms with E-state index in [1.54, 1.807) is 0 Å². The van der Waals surface area contributed by atoms with E-state index in [2.05, 4.69) is 351 Å². The molecule has 0 aliphatic rings. The van der Waals surface area contributed by atoms with Crippen LogP contribution in [0.25, 0.3) is 112 Å². The molecule has 0 bridgehead atoms. The number of aromatic nitrogens is 7. The maximum absolute atomic E-state index is 7.94. The maximum Gasteiger partial charge on any atom is 0.145 e. The summed E-state index contributed by atoms with van der Waals surface area (Å²) >= 11 is 0. The number of imidazole rings is 3. The van der Waals surface area contributed by atoms with Crippen molar-refractivity contribution in [1.29, 1.82) is 0 Å². The van der Waals surface area contributed by atoms with Gasteiger partial charge in [0.15, 0.2) is 0 Å². The monoisotopic (exact) mass is 1420 g/mol. The summed E-state index contributed by atoms with van der Waals surface area (Å²) in [5.74, 6) is 5.86. The molecule has 10 nitrogen and oxygen atoms in total. The number of hydrogen-bond donors (Lipinski definition) is 0. The highest BCUT2D eigenvalue weighted by Crippen LogP contribution is 2.48. The van der Waals surface area contributed by atoms with Gasteiger partial charge < -0.3 is 18.8 Å². The molecule has 16 rings (SSSR count). The Morgan fingerprint density at radius 3 is 1.26 bits per heavy atom. The minimum absolute atomic E-state index is 0.440. The van der Waals surface area contributed by atoms with Crippen molar-refractivity contribution >= 4 is 54.9 Å². The molecular formula is C98H95N7O3. The molecule has 0 spiro atoms. The Morgan fingerprint density at radius 1 is 0.343 bits per heavy atom. The highest BCUT2D eigenvalue weighted by molar-refractivity contribution is 6.09. The SMILES string of the molecule is CCCCCCC(C)(Oc1ccccc1)c1cc(CC(CC)CCCC)c(OC(C)(CCCCC)c2ccc(-n3c4ccccc4c4ccccc43)cc2)cc1Oc1ccc(-n2c(-c3cc(-c4nc5ccccc5n4-c4ccccc4)cc(-c4nc5ccccc5n4-c4ccccc4)c3)nc3ccccc32)cc1. The highest BCUT2D eigenvalue weighted by atomic mass is 16.5. The van der Waals surface area contributed by atoms with Gasteiger partial charge in [0.2, 0.25) is 0 Å². The Balaban J connectivity index is 0.847. The van der Waals surface area contributed by atoms with Gasteiger partial charge in [0, 0.05) is 61.8 Å². The first-order chi connectivity index (χ1) is 53.1. The van der Waals surface area contributed by atoms with Crippen molar-refractivity contribution in [2.24, 2.45) is 5.92 Å². The molecule has 0 fully saturated rings. The van der Waals surface area contributed by atoms with Crippen molar-refractivity contribution in [3.63, 3.8) is 0 Å². The second kappa shape index (κ2) is 31.4. The Bertz CT molecular complexity index is 5590. The molecule has 0 amide bonds. The van der Waals surface area contributed by atoms with Crippen LogP contribution in [-0.4, -0.2) is 33.2 Å². The fraction of sp³-hybridized carbons (Fsp3) is 0.235. The summed E-state index contributed by atoms with van der Waals surface area (Å²) in [6.45, 7) is 13.8. The summed E-state index contributed by atoms with van der Waals surface area (Å²) in [6, 6.07) is 103. The van der Waals surface area contributed by atoms with Crippen molar-refractivity contribution < 1.29 is 14.2 Å². The number of nitrogens with zero attached hydrogens (tertiary/aromatic N) is 7. The van der Waals surface area contributed by atoms with Crippen molar-refractivity contribution in [1.82, 2.24) is 33.2 Å². The lowest BCUT2D eigenvalue weighted by atomic mass is 9.84. The lowest BCUT2D eigenvalue weighted by Crippen LogP contribution is -2.32. The molecule has 0 saturated heterocycles. The minimum atomic E-state index is -0.802. The lowest BCUT2D eigenvalue weighted by Gasteiger charge is -2.36. The zero-order valence-electron chi connectivity index (χ0n) is 63.0. The van der Waals surface area contributed by atoms with Gasteiger partial charge in [0.25, 0.3) is 0 Å². The quantitative estimate of drug-likeness (QED) is 0.0417. The predicted molar refractivity (Wildman–Crippen MR) is 446 cm³/mol. The zero-order chi connectivity index (χ0) is 73.6. The number of para-hydroxylation sites is 11. The third kappa shape index (κ3) is 14.2. The van der Waals surface area contributed by atoms with Crippen LogP contribution < -0.4 is 14.2 Å². The Kier molecular flexibility index (Phi) is 20.5. The number of fused-ring (bicyclic) bond motifs is 6. The van der Waals surface area contributed by atoms with Gasteiger partial charge in [-0.25, -0.2) is 15.0 Å². The first-order valence-corrected chi connectivity index (χ1v) is 39.3. The molecule has 108 heavy (non-hydrogen) atoms. The van der Waals surface area contributed by atoms with E-state index in [0.717, 1.165) is 196 Å². The van der Waals surface area contributed by atoms with Gasteiger partial charge in [-0.2, -0.15) is 0 Å². The Labute approximate surface area is 634 Å². The number of unbranched alkanes of at least 4 members (excludes halogenated alkanes) is 6. The van der Waals surface area contributed by atoms with E-state index >= 15 is 0 Å². The smallest absolute Gasteiger partial charge is 0.145 e. The van der Waals surface area contributed by atoms with Crippen LogP contribution in [0.4, 0.5) is 0 Å². The summed E-state index contributed by atoms with van der Waals surface area (Å²) in [5.41, 5.74) is 16.6. The van der Waals surface area contributed by atoms with Gasteiger partial charge in [-0.1, -0.05) is 225 Å². The molecule has 0 N–H and O–H groups in total. The fourth-order valence-corrected chi connectivity index (χ4v) is 16.3. The van der Waals surface area contributed by atoms with Crippen LogP contribution in [0.15, 0.2) is 291 Å². The van der Waals surface area contributed by atoms with Crippen LogP contribution in [0, 0.1) is 5.92 Å². The van der Waals surface area contributed by atoms with Crippen LogP contribution >= 0.6 is 0 Å². The molecule has 0 aliphatic carbocycles. The summed E-state index contributed by atoms with van der Waals surface area (Å²) in [7, 11) is 0. The molecule has 0 aliphatic heterocycles. The average molecular weight is 1420 g/mol. The lowest BCUT2D eigenvalue weighted by molar-refractivity contribution is 0.0670. The van der Waals surface area contributed by atoms with E-state index in [1.165, 1.54) is 33.8 Å². The zero-order valence-corrected chi connectivity index (χ0v) is 63.0. The molecule has 0 radical (unpaired) electrons. The fourth-order valence-electron chi connectivity index (χ4n) is 16.3. The normalized spacial score (nSPS) is 13.2. The molecule has 16 aromatic rings. The van der Waals surface area contributed by atoms with Gasteiger partial charge in [0.1, 0.15) is 51.7 Å². The van der Waals surface area contributed by atoms with Crippen LogP contribution in [0.1, 0.15) is 142 Å². The Hall–Kier alpha value is -11.8. The van der Waals surface area contributed by atoms with Gasteiger partial charge in [-0.3, -0.25) is 13.7 Å².